The van der Waals surface area contributed by atoms with Crippen molar-refractivity contribution in [3.05, 3.63) is 12.3 Å². The molecule has 2 nitrogen and oxygen atoms in total. The van der Waals surface area contributed by atoms with E-state index in [0.29, 0.717) is 0 Å². The molecule has 3 heteroatoms. The molecule has 0 aliphatic rings. The average molecular weight is 104 g/mol. The van der Waals surface area contributed by atoms with E-state index < -0.39 is 6.67 Å². The van der Waals surface area contributed by atoms with Crippen molar-refractivity contribution < 1.29 is 13.9 Å². The lowest BCUT2D eigenvalue weighted by atomic mass is 10.7. The van der Waals surface area contributed by atoms with Crippen LogP contribution in [-0.4, -0.2) is 13.1 Å². The van der Waals surface area contributed by atoms with Gasteiger partial charge in [-0.05, 0) is 6.08 Å². The molecule has 40 valence electrons. The first-order valence-electron chi connectivity index (χ1n) is 1.72. The Morgan fingerprint density at radius 3 is 2.86 bits per heavy atom. The Morgan fingerprint density at radius 2 is 2.43 bits per heavy atom. The molecule has 0 atom stereocenters. The van der Waals surface area contributed by atoms with Gasteiger partial charge in [0, 0.05) is 0 Å². The maximum Gasteiger partial charge on any atom is 0.297 e. The van der Waals surface area contributed by atoms with Crippen LogP contribution in [0.4, 0.5) is 4.39 Å². The predicted molar refractivity (Wildman–Crippen MR) is 22.3 cm³/mol. The van der Waals surface area contributed by atoms with Gasteiger partial charge in [0.1, 0.15) is 6.67 Å². The molecule has 0 N–H and O–H groups in total. The molecule has 0 aromatic carbocycles. The summed E-state index contributed by atoms with van der Waals surface area (Å²) in [5.74, 6) is 0. The lowest BCUT2D eigenvalue weighted by Crippen LogP contribution is -1.72. The summed E-state index contributed by atoms with van der Waals surface area (Å²) < 4.78 is 15.0. The van der Waals surface area contributed by atoms with Gasteiger partial charge in [0.2, 0.25) is 0 Å². The molecule has 0 aromatic heterocycles. The molecule has 7 heavy (non-hydrogen) atoms. The van der Waals surface area contributed by atoms with Crippen LogP contribution in [0.5, 0.6) is 0 Å². The number of ether oxygens (including phenoxy) is 1. The normalized spacial score (nSPS) is 9.29. The molecule has 0 amide bonds. The van der Waals surface area contributed by atoms with Crippen molar-refractivity contribution >= 4 is 6.47 Å². The summed E-state index contributed by atoms with van der Waals surface area (Å²) in [5.41, 5.74) is 0. The van der Waals surface area contributed by atoms with Crippen molar-refractivity contribution in [2.24, 2.45) is 0 Å². The van der Waals surface area contributed by atoms with Gasteiger partial charge < -0.3 is 4.74 Å². The standard InChI is InChI=1S/C4H5FO2/c5-2-1-3-7-4-6/h1,3-4H,2H2. The van der Waals surface area contributed by atoms with Gasteiger partial charge in [0.15, 0.2) is 0 Å². The summed E-state index contributed by atoms with van der Waals surface area (Å²) in [6.07, 6.45) is 2.08. The highest BCUT2D eigenvalue weighted by Crippen LogP contribution is 1.72. The van der Waals surface area contributed by atoms with Gasteiger partial charge in [-0.2, -0.15) is 0 Å². The third-order valence-electron chi connectivity index (χ3n) is 0.319. The predicted octanol–water partition coefficient (Wildman–Crippen LogP) is 0.643. The highest BCUT2D eigenvalue weighted by atomic mass is 19.1. The second-order valence-electron chi connectivity index (χ2n) is 0.758. The van der Waals surface area contributed by atoms with E-state index in [1.165, 1.54) is 0 Å². The molecule has 0 unspecified atom stereocenters. The molecular formula is C4H5FO2. The van der Waals surface area contributed by atoms with E-state index in [4.69, 9.17) is 0 Å². The fourth-order valence-corrected chi connectivity index (χ4v) is 0.124. The second-order valence-corrected chi connectivity index (χ2v) is 0.758. The molecular weight excluding hydrogens is 99.0 g/mol. The molecule has 0 rings (SSSR count). The SMILES string of the molecule is O=COC=CCF. The van der Waals surface area contributed by atoms with Crippen LogP contribution in [-0.2, 0) is 9.53 Å². The Hall–Kier alpha value is -0.860. The van der Waals surface area contributed by atoms with E-state index in [9.17, 15) is 9.18 Å². The number of halogens is 1. The van der Waals surface area contributed by atoms with Gasteiger partial charge in [-0.25, -0.2) is 4.39 Å². The lowest BCUT2D eigenvalue weighted by molar-refractivity contribution is -0.123. The van der Waals surface area contributed by atoms with Crippen LogP contribution in [0.15, 0.2) is 12.3 Å². The van der Waals surface area contributed by atoms with E-state index in [1.807, 2.05) is 0 Å². The fourth-order valence-electron chi connectivity index (χ4n) is 0.124. The van der Waals surface area contributed by atoms with Crippen molar-refractivity contribution in [3.63, 3.8) is 0 Å². The number of alkyl halides is 1. The maximum atomic E-state index is 11.0. The van der Waals surface area contributed by atoms with Crippen LogP contribution < -0.4 is 0 Å². The van der Waals surface area contributed by atoms with E-state index in [-0.39, 0.29) is 6.47 Å². The van der Waals surface area contributed by atoms with Crippen LogP contribution in [0, 0.1) is 0 Å². The fraction of sp³-hybridized carbons (Fsp3) is 0.250. The second kappa shape index (κ2) is 5.14. The quantitative estimate of drug-likeness (QED) is 0.388. The van der Waals surface area contributed by atoms with E-state index in [0.717, 1.165) is 12.3 Å². The zero-order chi connectivity index (χ0) is 5.54. The Kier molecular flexibility index (Phi) is 4.51. The summed E-state index contributed by atoms with van der Waals surface area (Å²) in [6.45, 7) is -0.375. The van der Waals surface area contributed by atoms with Crippen LogP contribution in [0.25, 0.3) is 0 Å². The highest BCUT2D eigenvalue weighted by molar-refractivity contribution is 5.38. The Balaban J connectivity index is 2.92. The number of carbonyl (C=O) groups excluding carboxylic acids is 1. The molecule has 0 fully saturated rings. The minimum atomic E-state index is -0.603. The first-order valence-corrected chi connectivity index (χ1v) is 1.72. The largest absolute Gasteiger partial charge is 0.437 e. The zero-order valence-electron chi connectivity index (χ0n) is 3.63. The first-order chi connectivity index (χ1) is 3.41. The zero-order valence-corrected chi connectivity index (χ0v) is 3.63. The molecule has 0 radical (unpaired) electrons. The number of rotatable bonds is 3. The minimum Gasteiger partial charge on any atom is -0.437 e. The van der Waals surface area contributed by atoms with E-state index in [1.54, 1.807) is 0 Å². The highest BCUT2D eigenvalue weighted by Gasteiger charge is 1.66. The van der Waals surface area contributed by atoms with Crippen LogP contribution in [0.2, 0.25) is 0 Å². The van der Waals surface area contributed by atoms with Gasteiger partial charge in [-0.3, -0.25) is 4.79 Å². The maximum absolute atomic E-state index is 11.0. The van der Waals surface area contributed by atoms with Crippen molar-refractivity contribution in [2.45, 2.75) is 0 Å². The van der Waals surface area contributed by atoms with E-state index >= 15 is 0 Å². The number of allylic oxidation sites excluding steroid dienone is 1. The lowest BCUT2D eigenvalue weighted by Gasteiger charge is -1.77. The van der Waals surface area contributed by atoms with Crippen molar-refractivity contribution in [1.29, 1.82) is 0 Å². The molecule has 0 bridgehead atoms. The summed E-state index contributed by atoms with van der Waals surface area (Å²) >= 11 is 0. The van der Waals surface area contributed by atoms with Gasteiger partial charge in [0.25, 0.3) is 6.47 Å². The smallest absolute Gasteiger partial charge is 0.297 e. The molecule has 0 aliphatic heterocycles. The molecule has 0 saturated carbocycles. The third kappa shape index (κ3) is 5.14. The Labute approximate surface area is 40.6 Å². The minimum absolute atomic E-state index is 0.228. The summed E-state index contributed by atoms with van der Waals surface area (Å²) in [7, 11) is 0. The van der Waals surface area contributed by atoms with Gasteiger partial charge >= 0.3 is 0 Å². The van der Waals surface area contributed by atoms with Crippen molar-refractivity contribution in [2.75, 3.05) is 6.67 Å². The van der Waals surface area contributed by atoms with Crippen molar-refractivity contribution in [1.82, 2.24) is 0 Å². The molecule has 0 aliphatic carbocycles. The molecule has 0 saturated heterocycles. The van der Waals surface area contributed by atoms with Gasteiger partial charge in [-0.1, -0.05) is 0 Å². The Bertz CT molecular complexity index is 70.1. The van der Waals surface area contributed by atoms with Crippen LogP contribution in [0.1, 0.15) is 0 Å². The summed E-state index contributed by atoms with van der Waals surface area (Å²) in [4.78, 5) is 9.28. The third-order valence-corrected chi connectivity index (χ3v) is 0.319. The summed E-state index contributed by atoms with van der Waals surface area (Å²) in [6, 6.07) is 0. The topological polar surface area (TPSA) is 26.3 Å². The van der Waals surface area contributed by atoms with Gasteiger partial charge in [0.05, 0.1) is 6.26 Å². The summed E-state index contributed by atoms with van der Waals surface area (Å²) in [5, 5.41) is 0. The monoisotopic (exact) mass is 104 g/mol. The Morgan fingerprint density at radius 1 is 1.71 bits per heavy atom. The number of hydrogen-bond acceptors (Lipinski definition) is 2. The number of carbonyl (C=O) groups is 1. The van der Waals surface area contributed by atoms with E-state index in [2.05, 4.69) is 4.74 Å². The number of hydrogen-bond donors (Lipinski definition) is 0. The van der Waals surface area contributed by atoms with Crippen LogP contribution >= 0.6 is 0 Å². The van der Waals surface area contributed by atoms with Crippen molar-refractivity contribution in [3.8, 4) is 0 Å². The molecule has 0 spiro atoms. The molecule has 0 heterocycles. The first kappa shape index (κ1) is 6.14. The van der Waals surface area contributed by atoms with Crippen LogP contribution in [0.3, 0.4) is 0 Å². The average Bonchev–Trinajstić information content (AvgIpc) is 1.69. The molecule has 0 aromatic rings. The van der Waals surface area contributed by atoms with Gasteiger partial charge in [-0.15, -0.1) is 0 Å².